The van der Waals surface area contributed by atoms with Crippen LogP contribution in [0.5, 0.6) is 0 Å². The van der Waals surface area contributed by atoms with Crippen molar-refractivity contribution in [1.29, 1.82) is 0 Å². The maximum Gasteiger partial charge on any atom is 0.161 e. The Morgan fingerprint density at radius 2 is 2.40 bits per heavy atom. The minimum atomic E-state index is -2.47. The van der Waals surface area contributed by atoms with Crippen molar-refractivity contribution in [3.05, 3.63) is 0 Å². The molecule has 2 atom stereocenters. The van der Waals surface area contributed by atoms with Crippen LogP contribution in [0.15, 0.2) is 0 Å². The van der Waals surface area contributed by atoms with E-state index in [0.717, 1.165) is 6.42 Å². The number of unbranched alkanes of at least 4 members (excludes halogenated alkanes) is 1. The second-order valence-corrected chi connectivity index (χ2v) is 2.67. The Balaban J connectivity index is 3.25. The number of alkyl halides is 1. The molecule has 0 heterocycles. The van der Waals surface area contributed by atoms with E-state index in [-0.39, 0.29) is 6.42 Å². The van der Waals surface area contributed by atoms with E-state index in [1.807, 2.05) is 6.92 Å². The number of nitrogens with one attached hydrogen (secondary N) is 1. The molecule has 0 fully saturated rings. The molecule has 0 saturated heterocycles. The van der Waals surface area contributed by atoms with E-state index in [1.165, 1.54) is 0 Å². The second kappa shape index (κ2) is 5.76. The minimum absolute atomic E-state index is 0.254. The summed E-state index contributed by atoms with van der Waals surface area (Å²) in [7, 11) is 0. The summed E-state index contributed by atoms with van der Waals surface area (Å²) in [4.78, 5) is 0. The third kappa shape index (κ3) is 6.12. The molecule has 0 aromatic carbocycles. The first-order valence-corrected chi connectivity index (χ1v) is 4.23. The first-order valence-electron chi connectivity index (χ1n) is 3.16. The van der Waals surface area contributed by atoms with Gasteiger partial charge in [0.2, 0.25) is 0 Å². The molecule has 0 rings (SSSR count). The molecule has 5 heteroatoms. The van der Waals surface area contributed by atoms with Crippen LogP contribution in [0.1, 0.15) is 26.2 Å². The predicted molar refractivity (Wildman–Crippen MR) is 36.5 cm³/mol. The van der Waals surface area contributed by atoms with Gasteiger partial charge in [0, 0.05) is 11.3 Å². The molecule has 0 aliphatic heterocycles. The van der Waals surface area contributed by atoms with Gasteiger partial charge in [-0.15, -0.1) is 0 Å². The van der Waals surface area contributed by atoms with Crippen LogP contribution in [0.3, 0.4) is 0 Å². The zero-order valence-electron chi connectivity index (χ0n) is 5.80. The van der Waals surface area contributed by atoms with Gasteiger partial charge >= 0.3 is 0 Å². The highest BCUT2D eigenvalue weighted by molar-refractivity contribution is 7.77. The molecule has 3 nitrogen and oxygen atoms in total. The molecule has 2 unspecified atom stereocenters. The smallest absolute Gasteiger partial charge is 0.161 e. The summed E-state index contributed by atoms with van der Waals surface area (Å²) < 4.78 is 33.7. The van der Waals surface area contributed by atoms with Gasteiger partial charge in [-0.2, -0.15) is 0 Å². The summed E-state index contributed by atoms with van der Waals surface area (Å²) >= 11 is -2.47. The van der Waals surface area contributed by atoms with Crippen molar-refractivity contribution in [3.63, 3.8) is 0 Å². The third-order valence-corrected chi connectivity index (χ3v) is 1.48. The van der Waals surface area contributed by atoms with E-state index < -0.39 is 17.6 Å². The lowest BCUT2D eigenvalue weighted by atomic mass is 10.2. The summed E-state index contributed by atoms with van der Waals surface area (Å²) in [5, 5.41) is 0. The summed E-state index contributed by atoms with van der Waals surface area (Å²) in [6.45, 7) is 1.92. The van der Waals surface area contributed by atoms with Crippen LogP contribution in [0.2, 0.25) is 0 Å². The summed E-state index contributed by atoms with van der Waals surface area (Å²) in [6, 6.07) is 0. The van der Waals surface area contributed by atoms with Crippen molar-refractivity contribution >= 4 is 11.3 Å². The van der Waals surface area contributed by atoms with Crippen molar-refractivity contribution < 1.29 is 13.2 Å². The van der Waals surface area contributed by atoms with Crippen molar-refractivity contribution in [1.82, 2.24) is 4.72 Å². The van der Waals surface area contributed by atoms with Gasteiger partial charge in [-0.25, -0.2) is 9.11 Å². The number of hydrogen-bond acceptors (Lipinski definition) is 2. The molecular weight excluding hydrogens is 157 g/mol. The molecule has 0 aromatic heterocycles. The van der Waals surface area contributed by atoms with Crippen molar-refractivity contribution in [2.45, 2.75) is 32.5 Å². The van der Waals surface area contributed by atoms with Crippen LogP contribution in [-0.4, -0.2) is 15.1 Å². The van der Waals surface area contributed by atoms with Crippen LogP contribution in [-0.2, 0) is 11.3 Å². The monoisotopic (exact) mass is 168 g/mol. The van der Waals surface area contributed by atoms with Gasteiger partial charge in [0.25, 0.3) is 0 Å². The van der Waals surface area contributed by atoms with Gasteiger partial charge in [0.15, 0.2) is 6.30 Å². The third-order valence-electron chi connectivity index (χ3n) is 1.04. The van der Waals surface area contributed by atoms with Gasteiger partial charge < -0.3 is 4.55 Å². The molecule has 0 saturated carbocycles. The Hall–Kier alpha value is -0.0000000000000000486. The first-order chi connectivity index (χ1) is 4.66. The standard InChI is InChI=1S/C5H12FNO2S/c1-2-3-4-5(6)7-10(8)9/h5,7H,2-4H2,1H3,(H,8,9)/p-1. The lowest BCUT2D eigenvalue weighted by Gasteiger charge is -2.10. The van der Waals surface area contributed by atoms with E-state index in [4.69, 9.17) is 0 Å². The molecule has 0 radical (unpaired) electrons. The average Bonchev–Trinajstić information content (AvgIpc) is 1.82. The van der Waals surface area contributed by atoms with Crippen LogP contribution >= 0.6 is 0 Å². The second-order valence-electron chi connectivity index (χ2n) is 1.96. The lowest BCUT2D eigenvalue weighted by Crippen LogP contribution is -2.26. The number of halogens is 1. The highest BCUT2D eigenvalue weighted by atomic mass is 32.2. The maximum atomic E-state index is 12.3. The van der Waals surface area contributed by atoms with Crippen LogP contribution < -0.4 is 4.72 Å². The Kier molecular flexibility index (Phi) is 5.76. The molecule has 0 aliphatic rings. The highest BCUT2D eigenvalue weighted by Crippen LogP contribution is 2.00. The number of rotatable bonds is 5. The van der Waals surface area contributed by atoms with Gasteiger partial charge in [0.1, 0.15) is 0 Å². The number of hydrogen-bond donors (Lipinski definition) is 1. The Bertz CT molecular complexity index is 112. The SMILES string of the molecule is CCCCC(F)NS(=O)[O-]. The van der Waals surface area contributed by atoms with E-state index in [2.05, 4.69) is 0 Å². The molecule has 10 heavy (non-hydrogen) atoms. The van der Waals surface area contributed by atoms with Crippen LogP contribution in [0.25, 0.3) is 0 Å². The molecule has 0 bridgehead atoms. The largest absolute Gasteiger partial charge is 0.760 e. The molecule has 1 N–H and O–H groups in total. The molecule has 0 amide bonds. The normalized spacial score (nSPS) is 16.7. The van der Waals surface area contributed by atoms with E-state index in [9.17, 15) is 13.2 Å². The lowest BCUT2D eigenvalue weighted by molar-refractivity contribution is 0.287. The van der Waals surface area contributed by atoms with E-state index in [1.54, 1.807) is 4.72 Å². The first kappa shape index (κ1) is 10.0. The summed E-state index contributed by atoms with van der Waals surface area (Å²) in [6.07, 6.45) is 0.405. The van der Waals surface area contributed by atoms with Gasteiger partial charge in [0.05, 0.1) is 0 Å². The maximum absolute atomic E-state index is 12.3. The van der Waals surface area contributed by atoms with Crippen LogP contribution in [0, 0.1) is 0 Å². The van der Waals surface area contributed by atoms with E-state index in [0.29, 0.717) is 6.42 Å². The molecule has 0 aliphatic carbocycles. The molecule has 62 valence electrons. The zero-order chi connectivity index (χ0) is 7.98. The van der Waals surface area contributed by atoms with Crippen molar-refractivity contribution in [2.75, 3.05) is 0 Å². The highest BCUT2D eigenvalue weighted by Gasteiger charge is 2.02. The Morgan fingerprint density at radius 1 is 1.80 bits per heavy atom. The quantitative estimate of drug-likeness (QED) is 0.489. The topological polar surface area (TPSA) is 52.2 Å². The van der Waals surface area contributed by atoms with Gasteiger partial charge in [-0.3, -0.25) is 4.21 Å². The Morgan fingerprint density at radius 3 is 2.80 bits per heavy atom. The van der Waals surface area contributed by atoms with E-state index >= 15 is 0 Å². The van der Waals surface area contributed by atoms with Gasteiger partial charge in [-0.1, -0.05) is 13.3 Å². The summed E-state index contributed by atoms with van der Waals surface area (Å²) in [5.41, 5.74) is 0. The zero-order valence-corrected chi connectivity index (χ0v) is 6.62. The molecule has 0 aromatic rings. The fourth-order valence-electron chi connectivity index (χ4n) is 0.547. The predicted octanol–water partition coefficient (Wildman–Crippen LogP) is 0.856. The fourth-order valence-corrected chi connectivity index (χ4v) is 0.873. The molecule has 0 spiro atoms. The van der Waals surface area contributed by atoms with Crippen molar-refractivity contribution in [3.8, 4) is 0 Å². The average molecular weight is 168 g/mol. The fraction of sp³-hybridized carbons (Fsp3) is 1.00. The molecular formula is C5H11FNO2S-. The van der Waals surface area contributed by atoms with Gasteiger partial charge in [-0.05, 0) is 12.8 Å². The van der Waals surface area contributed by atoms with Crippen LogP contribution in [0.4, 0.5) is 4.39 Å². The summed E-state index contributed by atoms with van der Waals surface area (Å²) in [5.74, 6) is 0. The minimum Gasteiger partial charge on any atom is -0.760 e. The van der Waals surface area contributed by atoms with Crippen molar-refractivity contribution in [2.24, 2.45) is 0 Å². The Labute approximate surface area is 62.4 Å².